The van der Waals surface area contributed by atoms with Crippen LogP contribution in [0.1, 0.15) is 51.4 Å². The number of ether oxygens (including phenoxy) is 1. The Bertz CT molecular complexity index is 531. The average molecular weight is 626 g/mol. The molecule has 0 N–H and O–H groups in total. The van der Waals surface area contributed by atoms with Gasteiger partial charge in [-0.25, -0.2) is 4.79 Å². The minimum absolute atomic E-state index is 0.125. The second kappa shape index (κ2) is 7.63. The van der Waals surface area contributed by atoms with Crippen LogP contribution >= 0.6 is 67.8 Å². The molecule has 0 aliphatic rings. The van der Waals surface area contributed by atoms with Crippen molar-refractivity contribution >= 4 is 73.7 Å². The quantitative estimate of drug-likeness (QED) is 0.229. The van der Waals surface area contributed by atoms with E-state index >= 15 is 0 Å². The molecule has 2 nitrogen and oxygen atoms in total. The van der Waals surface area contributed by atoms with E-state index in [1.807, 2.05) is 6.07 Å². The van der Waals surface area contributed by atoms with Crippen LogP contribution in [0.5, 0.6) is 0 Å². The summed E-state index contributed by atoms with van der Waals surface area (Å²) in [4.78, 5) is 12.3. The number of benzene rings is 1. The Kier molecular flexibility index (Phi) is 7.24. The molecule has 0 aromatic heterocycles. The molecular weight excluding hydrogens is 605 g/mol. The fourth-order valence-electron chi connectivity index (χ4n) is 1.56. The Morgan fingerprint density at radius 3 is 2.19 bits per heavy atom. The SMILES string of the molecule is CC(C)(C)C(C)(C)CCOC(=O)c1cc(I)cc(I)c1I. The maximum Gasteiger partial charge on any atom is 0.339 e. The molecule has 21 heavy (non-hydrogen) atoms. The molecule has 1 aromatic rings. The summed E-state index contributed by atoms with van der Waals surface area (Å²) in [5.41, 5.74) is 0.978. The summed E-state index contributed by atoms with van der Waals surface area (Å²) in [6.45, 7) is 11.6. The average Bonchev–Trinajstić information content (AvgIpc) is 2.31. The molecule has 0 atom stereocenters. The van der Waals surface area contributed by atoms with Crippen LogP contribution < -0.4 is 0 Å². The highest BCUT2D eigenvalue weighted by atomic mass is 127. The molecular formula is C16H21I3O2. The maximum absolute atomic E-state index is 12.3. The molecule has 0 aliphatic carbocycles. The molecule has 0 aliphatic heterocycles. The van der Waals surface area contributed by atoms with E-state index in [1.165, 1.54) is 0 Å². The lowest BCUT2D eigenvalue weighted by Crippen LogP contribution is -2.31. The van der Waals surface area contributed by atoms with Crippen LogP contribution in [0.4, 0.5) is 0 Å². The van der Waals surface area contributed by atoms with Gasteiger partial charge in [-0.1, -0.05) is 34.6 Å². The number of carbonyl (C=O) groups excluding carboxylic acids is 1. The Balaban J connectivity index is 2.72. The fourth-order valence-corrected chi connectivity index (χ4v) is 3.93. The standard InChI is InChI=1S/C16H21I3O2/c1-15(2,3)16(4,5)6-7-21-14(20)11-8-10(17)9-12(18)13(11)19/h8-9H,6-7H2,1-5H3. The third-order valence-electron chi connectivity index (χ3n) is 4.20. The lowest BCUT2D eigenvalue weighted by Gasteiger charge is -2.38. The summed E-state index contributed by atoms with van der Waals surface area (Å²) in [6, 6.07) is 3.95. The molecule has 1 aromatic carbocycles. The van der Waals surface area contributed by atoms with Crippen molar-refractivity contribution in [3.05, 3.63) is 28.4 Å². The van der Waals surface area contributed by atoms with Gasteiger partial charge in [0.25, 0.3) is 0 Å². The molecule has 0 unspecified atom stereocenters. The highest BCUT2D eigenvalue weighted by Gasteiger charge is 2.32. The van der Waals surface area contributed by atoms with Gasteiger partial charge in [-0.05, 0) is 97.2 Å². The van der Waals surface area contributed by atoms with E-state index in [4.69, 9.17) is 4.74 Å². The third-order valence-corrected chi connectivity index (χ3v) is 7.87. The Labute approximate surface area is 168 Å². The van der Waals surface area contributed by atoms with E-state index in [-0.39, 0.29) is 16.8 Å². The van der Waals surface area contributed by atoms with Gasteiger partial charge < -0.3 is 4.74 Å². The number of halogens is 3. The first kappa shape index (κ1) is 19.9. The van der Waals surface area contributed by atoms with Crippen LogP contribution in [0.15, 0.2) is 12.1 Å². The predicted octanol–water partition coefficient (Wildman–Crippen LogP) is 6.12. The predicted molar refractivity (Wildman–Crippen MR) is 113 cm³/mol. The van der Waals surface area contributed by atoms with Crippen LogP contribution in [0, 0.1) is 21.5 Å². The van der Waals surface area contributed by atoms with Crippen molar-refractivity contribution in [2.45, 2.75) is 41.0 Å². The number of hydrogen-bond donors (Lipinski definition) is 0. The van der Waals surface area contributed by atoms with Crippen molar-refractivity contribution < 1.29 is 9.53 Å². The van der Waals surface area contributed by atoms with Crippen molar-refractivity contribution in [2.75, 3.05) is 6.61 Å². The van der Waals surface area contributed by atoms with Crippen molar-refractivity contribution in [1.29, 1.82) is 0 Å². The van der Waals surface area contributed by atoms with Crippen LogP contribution in [0.3, 0.4) is 0 Å². The summed E-state index contributed by atoms with van der Waals surface area (Å²) >= 11 is 6.68. The number of rotatable bonds is 4. The van der Waals surface area contributed by atoms with Crippen LogP contribution in [-0.2, 0) is 4.74 Å². The molecule has 0 saturated carbocycles. The topological polar surface area (TPSA) is 26.3 Å². The molecule has 0 bridgehead atoms. The van der Waals surface area contributed by atoms with Gasteiger partial charge in [-0.2, -0.15) is 0 Å². The summed E-state index contributed by atoms with van der Waals surface area (Å²) in [5.74, 6) is -0.222. The van der Waals surface area contributed by atoms with Crippen molar-refractivity contribution in [3.63, 3.8) is 0 Å². The summed E-state index contributed by atoms with van der Waals surface area (Å²) in [5, 5.41) is 0. The second-order valence-corrected chi connectivity index (χ2v) is 10.3. The van der Waals surface area contributed by atoms with Gasteiger partial charge in [0.15, 0.2) is 0 Å². The smallest absolute Gasteiger partial charge is 0.339 e. The van der Waals surface area contributed by atoms with Gasteiger partial charge >= 0.3 is 5.97 Å². The van der Waals surface area contributed by atoms with E-state index < -0.39 is 0 Å². The molecule has 0 radical (unpaired) electrons. The summed E-state index contributed by atoms with van der Waals surface area (Å²) in [7, 11) is 0. The largest absolute Gasteiger partial charge is 0.462 e. The first-order valence-corrected chi connectivity index (χ1v) is 10.0. The van der Waals surface area contributed by atoms with E-state index in [0.717, 1.165) is 17.1 Å². The third kappa shape index (κ3) is 5.47. The zero-order valence-electron chi connectivity index (χ0n) is 13.0. The molecule has 0 heterocycles. The highest BCUT2D eigenvalue weighted by molar-refractivity contribution is 14.1. The zero-order valence-corrected chi connectivity index (χ0v) is 19.5. The first-order valence-electron chi connectivity index (χ1n) is 6.77. The number of esters is 1. The normalized spacial score (nSPS) is 12.4. The van der Waals surface area contributed by atoms with Gasteiger partial charge in [0.05, 0.1) is 12.2 Å². The Hall–Kier alpha value is 0.880. The monoisotopic (exact) mass is 626 g/mol. The minimum Gasteiger partial charge on any atom is -0.462 e. The zero-order chi connectivity index (χ0) is 16.4. The molecule has 0 spiro atoms. The number of hydrogen-bond acceptors (Lipinski definition) is 2. The van der Waals surface area contributed by atoms with E-state index in [0.29, 0.717) is 12.2 Å². The van der Waals surface area contributed by atoms with Crippen LogP contribution in [0.2, 0.25) is 0 Å². The molecule has 0 amide bonds. The number of carbonyl (C=O) groups is 1. The fraction of sp³-hybridized carbons (Fsp3) is 0.562. The van der Waals surface area contributed by atoms with Crippen molar-refractivity contribution in [3.8, 4) is 0 Å². The Morgan fingerprint density at radius 2 is 1.67 bits per heavy atom. The van der Waals surface area contributed by atoms with Gasteiger partial charge in [-0.15, -0.1) is 0 Å². The maximum atomic E-state index is 12.3. The first-order chi connectivity index (χ1) is 9.45. The van der Waals surface area contributed by atoms with Crippen LogP contribution in [-0.4, -0.2) is 12.6 Å². The molecule has 5 heteroatoms. The lowest BCUT2D eigenvalue weighted by molar-refractivity contribution is 0.0346. The summed E-state index contributed by atoms with van der Waals surface area (Å²) in [6.07, 6.45) is 0.861. The summed E-state index contributed by atoms with van der Waals surface area (Å²) < 4.78 is 8.61. The molecule has 118 valence electrons. The van der Waals surface area contributed by atoms with Crippen molar-refractivity contribution in [1.82, 2.24) is 0 Å². The van der Waals surface area contributed by atoms with E-state index in [2.05, 4.69) is 108 Å². The van der Waals surface area contributed by atoms with Gasteiger partial charge in [0, 0.05) is 10.7 Å². The molecule has 0 saturated heterocycles. The Morgan fingerprint density at radius 1 is 1.10 bits per heavy atom. The highest BCUT2D eigenvalue weighted by Crippen LogP contribution is 2.40. The van der Waals surface area contributed by atoms with Gasteiger partial charge in [0.1, 0.15) is 0 Å². The van der Waals surface area contributed by atoms with Gasteiger partial charge in [-0.3, -0.25) is 0 Å². The lowest BCUT2D eigenvalue weighted by atomic mass is 9.67. The molecule has 0 fully saturated rings. The van der Waals surface area contributed by atoms with E-state index in [9.17, 15) is 4.79 Å². The van der Waals surface area contributed by atoms with Gasteiger partial charge in [0.2, 0.25) is 0 Å². The minimum atomic E-state index is -0.222. The second-order valence-electron chi connectivity index (χ2n) is 6.77. The van der Waals surface area contributed by atoms with E-state index in [1.54, 1.807) is 0 Å². The van der Waals surface area contributed by atoms with Crippen LogP contribution in [0.25, 0.3) is 0 Å². The molecule has 1 rings (SSSR count). The van der Waals surface area contributed by atoms with Crippen molar-refractivity contribution in [2.24, 2.45) is 10.8 Å².